The standard InChI is InChI=1S/C21H35N3O2S.HI/c1-4-22-21(24-18-9-6-10-20(16-18)27(25)5-2)23-15-7-8-17-11-13-19(26-3)14-12-17;/h11-14,18,20H,4-10,15-16H2,1-3H3,(H2,22,23,24);1H. The van der Waals surface area contributed by atoms with Gasteiger partial charge in [-0.05, 0) is 56.7 Å². The molecule has 5 nitrogen and oxygen atoms in total. The summed E-state index contributed by atoms with van der Waals surface area (Å²) < 4.78 is 17.3. The van der Waals surface area contributed by atoms with Crippen molar-refractivity contribution in [3.63, 3.8) is 0 Å². The van der Waals surface area contributed by atoms with E-state index in [2.05, 4.69) is 29.7 Å². The summed E-state index contributed by atoms with van der Waals surface area (Å²) in [5.41, 5.74) is 1.31. The normalized spacial score (nSPS) is 20.8. The quantitative estimate of drug-likeness (QED) is 0.224. The second-order valence-corrected chi connectivity index (χ2v) is 9.02. The number of ether oxygens (including phenoxy) is 1. The molecule has 1 saturated carbocycles. The average molecular weight is 522 g/mol. The van der Waals surface area contributed by atoms with Crippen LogP contribution in [0.4, 0.5) is 0 Å². The lowest BCUT2D eigenvalue weighted by molar-refractivity contribution is 0.413. The topological polar surface area (TPSA) is 62.7 Å². The molecule has 7 heteroatoms. The molecule has 3 atom stereocenters. The highest BCUT2D eigenvalue weighted by Gasteiger charge is 2.25. The van der Waals surface area contributed by atoms with Crippen LogP contribution in [0.3, 0.4) is 0 Å². The third-order valence-electron chi connectivity index (χ3n) is 5.02. The molecule has 1 aromatic rings. The van der Waals surface area contributed by atoms with Gasteiger partial charge in [0.25, 0.3) is 0 Å². The molecule has 28 heavy (non-hydrogen) atoms. The van der Waals surface area contributed by atoms with E-state index in [1.54, 1.807) is 7.11 Å². The van der Waals surface area contributed by atoms with Gasteiger partial charge < -0.3 is 15.4 Å². The highest BCUT2D eigenvalue weighted by molar-refractivity contribution is 14.0. The minimum atomic E-state index is -0.692. The summed E-state index contributed by atoms with van der Waals surface area (Å²) in [5.74, 6) is 2.54. The Kier molecular flexibility index (Phi) is 12.8. The average Bonchev–Trinajstić information content (AvgIpc) is 2.71. The Morgan fingerprint density at radius 1 is 1.25 bits per heavy atom. The first-order valence-electron chi connectivity index (χ1n) is 10.2. The summed E-state index contributed by atoms with van der Waals surface area (Å²) in [7, 11) is 0.995. The molecule has 0 bridgehead atoms. The second-order valence-electron chi connectivity index (χ2n) is 7.01. The van der Waals surface area contributed by atoms with Gasteiger partial charge >= 0.3 is 0 Å². The van der Waals surface area contributed by atoms with Gasteiger partial charge in [0, 0.05) is 40.9 Å². The highest BCUT2D eigenvalue weighted by Crippen LogP contribution is 2.23. The van der Waals surface area contributed by atoms with E-state index in [0.717, 1.165) is 69.1 Å². The van der Waals surface area contributed by atoms with Gasteiger partial charge in [-0.3, -0.25) is 9.20 Å². The van der Waals surface area contributed by atoms with Crippen molar-refractivity contribution < 1.29 is 8.95 Å². The Bertz CT molecular complexity index is 610. The number of methoxy groups -OCH3 is 1. The zero-order chi connectivity index (χ0) is 19.5. The molecule has 1 aliphatic rings. The van der Waals surface area contributed by atoms with Crippen LogP contribution in [0.15, 0.2) is 29.3 Å². The predicted molar refractivity (Wildman–Crippen MR) is 131 cm³/mol. The van der Waals surface area contributed by atoms with Gasteiger partial charge in [0.1, 0.15) is 5.75 Å². The molecule has 160 valence electrons. The van der Waals surface area contributed by atoms with Gasteiger partial charge in [-0.1, -0.05) is 25.5 Å². The smallest absolute Gasteiger partial charge is 0.191 e. The molecule has 2 N–H and O–H groups in total. The number of halogens is 1. The molecule has 0 amide bonds. The van der Waals surface area contributed by atoms with Crippen LogP contribution in [0.2, 0.25) is 0 Å². The summed E-state index contributed by atoms with van der Waals surface area (Å²) in [6.45, 7) is 5.74. The van der Waals surface area contributed by atoms with E-state index in [0.29, 0.717) is 11.3 Å². The SMILES string of the molecule is CCNC(=NCCCc1ccc(OC)cc1)NC1CCCC(S(=O)CC)C1.I. The number of nitrogens with one attached hydrogen (secondary N) is 2. The van der Waals surface area contributed by atoms with Crippen LogP contribution in [0.5, 0.6) is 5.75 Å². The van der Waals surface area contributed by atoms with Crippen molar-refractivity contribution in [1.82, 2.24) is 10.6 Å². The zero-order valence-electron chi connectivity index (χ0n) is 17.4. The van der Waals surface area contributed by atoms with Crippen LogP contribution in [0.25, 0.3) is 0 Å². The first kappa shape index (κ1) is 25.2. The fraction of sp³-hybridized carbons (Fsp3) is 0.667. The Morgan fingerprint density at radius 2 is 2.00 bits per heavy atom. The summed E-state index contributed by atoms with van der Waals surface area (Å²) in [5, 5.41) is 7.25. The molecule has 1 aromatic carbocycles. The number of rotatable bonds is 9. The van der Waals surface area contributed by atoms with E-state index >= 15 is 0 Å². The van der Waals surface area contributed by atoms with Crippen molar-refractivity contribution in [2.45, 2.75) is 63.7 Å². The first-order chi connectivity index (χ1) is 13.2. The molecule has 1 fully saturated rings. The second kappa shape index (κ2) is 14.2. The van der Waals surface area contributed by atoms with Crippen LogP contribution >= 0.6 is 24.0 Å². The van der Waals surface area contributed by atoms with E-state index in [4.69, 9.17) is 9.73 Å². The molecule has 0 aromatic heterocycles. The first-order valence-corrected chi connectivity index (χ1v) is 11.6. The maximum atomic E-state index is 12.1. The molecule has 0 heterocycles. The lowest BCUT2D eigenvalue weighted by atomic mass is 9.95. The molecule has 0 radical (unpaired) electrons. The number of aliphatic imine (C=N–C) groups is 1. The summed E-state index contributed by atoms with van der Waals surface area (Å²) in [4.78, 5) is 4.74. The van der Waals surface area contributed by atoms with Crippen LogP contribution in [-0.4, -0.2) is 47.4 Å². The van der Waals surface area contributed by atoms with Crippen LogP contribution in [0, 0.1) is 0 Å². The Hall–Kier alpha value is -0.830. The molecule has 2 rings (SSSR count). The van der Waals surface area contributed by atoms with E-state index in [9.17, 15) is 4.21 Å². The number of aryl methyl sites for hydroxylation is 1. The predicted octanol–water partition coefficient (Wildman–Crippen LogP) is 3.88. The largest absolute Gasteiger partial charge is 0.497 e. The van der Waals surface area contributed by atoms with Gasteiger partial charge in [-0.25, -0.2) is 0 Å². The molecule has 1 aliphatic carbocycles. The Morgan fingerprint density at radius 3 is 2.64 bits per heavy atom. The lowest BCUT2D eigenvalue weighted by Crippen LogP contribution is -2.46. The fourth-order valence-electron chi connectivity index (χ4n) is 3.53. The maximum absolute atomic E-state index is 12.1. The van der Waals surface area contributed by atoms with Crippen LogP contribution in [0.1, 0.15) is 51.5 Å². The fourth-order valence-corrected chi connectivity index (χ4v) is 4.88. The number of hydrogen-bond acceptors (Lipinski definition) is 3. The Labute approximate surface area is 190 Å². The van der Waals surface area contributed by atoms with Crippen molar-refractivity contribution in [3.05, 3.63) is 29.8 Å². The van der Waals surface area contributed by atoms with E-state index < -0.39 is 10.8 Å². The number of guanidine groups is 1. The van der Waals surface area contributed by atoms with E-state index in [1.807, 2.05) is 19.1 Å². The van der Waals surface area contributed by atoms with Gasteiger partial charge in [-0.2, -0.15) is 0 Å². The van der Waals surface area contributed by atoms with E-state index in [-0.39, 0.29) is 24.0 Å². The molecular formula is C21H36IN3O2S. The maximum Gasteiger partial charge on any atom is 0.191 e. The number of hydrogen-bond donors (Lipinski definition) is 2. The summed E-state index contributed by atoms with van der Waals surface area (Å²) in [6.07, 6.45) is 6.37. The van der Waals surface area contributed by atoms with Crippen molar-refractivity contribution in [2.24, 2.45) is 4.99 Å². The molecule has 0 saturated heterocycles. The van der Waals surface area contributed by atoms with Crippen molar-refractivity contribution in [1.29, 1.82) is 0 Å². The summed E-state index contributed by atoms with van der Waals surface area (Å²) >= 11 is 0. The summed E-state index contributed by atoms with van der Waals surface area (Å²) in [6, 6.07) is 8.61. The molecule has 0 aliphatic heterocycles. The highest BCUT2D eigenvalue weighted by atomic mass is 127. The van der Waals surface area contributed by atoms with Crippen molar-refractivity contribution >= 4 is 40.7 Å². The van der Waals surface area contributed by atoms with Crippen LogP contribution in [-0.2, 0) is 17.2 Å². The monoisotopic (exact) mass is 521 g/mol. The minimum absolute atomic E-state index is 0. The molecular weight excluding hydrogens is 485 g/mol. The van der Waals surface area contributed by atoms with Gasteiger partial charge in [0.05, 0.1) is 7.11 Å². The minimum Gasteiger partial charge on any atom is -0.497 e. The third kappa shape index (κ3) is 8.68. The van der Waals surface area contributed by atoms with Crippen molar-refractivity contribution in [3.8, 4) is 5.75 Å². The van der Waals surface area contributed by atoms with Crippen LogP contribution < -0.4 is 15.4 Å². The van der Waals surface area contributed by atoms with Gasteiger partial charge in [0.15, 0.2) is 5.96 Å². The lowest BCUT2D eigenvalue weighted by Gasteiger charge is -2.30. The van der Waals surface area contributed by atoms with Crippen molar-refractivity contribution in [2.75, 3.05) is 26.0 Å². The molecule has 3 unspecified atom stereocenters. The number of benzene rings is 1. The van der Waals surface area contributed by atoms with E-state index in [1.165, 1.54) is 5.56 Å². The third-order valence-corrected chi connectivity index (χ3v) is 6.76. The van der Waals surface area contributed by atoms with Gasteiger partial charge in [0.2, 0.25) is 0 Å². The number of nitrogens with zero attached hydrogens (tertiary/aromatic N) is 1. The Balaban J connectivity index is 0.00000392. The molecule has 0 spiro atoms. The van der Waals surface area contributed by atoms with Gasteiger partial charge in [-0.15, -0.1) is 24.0 Å². The zero-order valence-corrected chi connectivity index (χ0v) is 20.6.